The Morgan fingerprint density at radius 2 is 1.55 bits per heavy atom. The van der Waals surface area contributed by atoms with Crippen LogP contribution in [0, 0.1) is 0 Å². The lowest BCUT2D eigenvalue weighted by molar-refractivity contribution is -0.302. The van der Waals surface area contributed by atoms with Gasteiger partial charge in [-0.2, -0.15) is 13.2 Å². The number of hydrogen-bond acceptors (Lipinski definition) is 11. The minimum Gasteiger partial charge on any atom is -0.463 e. The molecule has 2 aliphatic rings. The van der Waals surface area contributed by atoms with Gasteiger partial charge in [0.1, 0.15) is 31.0 Å². The van der Waals surface area contributed by atoms with Crippen molar-refractivity contribution in [3.05, 3.63) is 57.9 Å². The lowest BCUT2D eigenvalue weighted by atomic mass is 9.78. The van der Waals surface area contributed by atoms with Gasteiger partial charge in [0.25, 0.3) is 0 Å². The van der Waals surface area contributed by atoms with Gasteiger partial charge in [0, 0.05) is 11.4 Å². The molecule has 1 unspecified atom stereocenters. The summed E-state index contributed by atoms with van der Waals surface area (Å²) in [4.78, 5) is 26.2. The van der Waals surface area contributed by atoms with E-state index in [-0.39, 0.29) is 34.7 Å². The Labute approximate surface area is 227 Å². The van der Waals surface area contributed by atoms with E-state index in [1.54, 1.807) is 0 Å². The van der Waals surface area contributed by atoms with Crippen LogP contribution in [0.1, 0.15) is 37.8 Å². The smallest absolute Gasteiger partial charge is 0.416 e. The number of benzene rings is 1. The van der Waals surface area contributed by atoms with Crippen molar-refractivity contribution in [3.63, 3.8) is 0 Å². The first-order valence-electron chi connectivity index (χ1n) is 12.4. The van der Waals surface area contributed by atoms with E-state index in [4.69, 9.17) is 18.9 Å². The summed E-state index contributed by atoms with van der Waals surface area (Å²) in [5, 5.41) is 41.9. The quantitative estimate of drug-likeness (QED) is 0.210. The predicted molar refractivity (Wildman–Crippen MR) is 130 cm³/mol. The molecule has 1 saturated heterocycles. The van der Waals surface area contributed by atoms with Crippen LogP contribution < -0.4 is 5.32 Å². The second-order valence-corrected chi connectivity index (χ2v) is 9.14. The predicted octanol–water partition coefficient (Wildman–Crippen LogP) is 0.863. The lowest BCUT2D eigenvalue weighted by Crippen LogP contribution is -2.59. The molecule has 2 heterocycles. The zero-order valence-electron chi connectivity index (χ0n) is 22.0. The van der Waals surface area contributed by atoms with Gasteiger partial charge >= 0.3 is 18.1 Å². The summed E-state index contributed by atoms with van der Waals surface area (Å²) in [7, 11) is 0. The van der Waals surface area contributed by atoms with E-state index in [0.29, 0.717) is 0 Å². The zero-order chi connectivity index (χ0) is 29.8. The number of alkyl halides is 3. The standard InChI is InChI=1S/C26H32F3NO10/c1-4-37-23(35)17-12(2)30-13(3)18(19(17)14-7-5-6-8-15(14)26(27,28)29)24(36)38-9-10-39-25-22(34)21(33)20(32)16(11-31)40-25/h5-8,16,19-22,25,30-34H,4,9-11H2,1-3H3/t16-,19?,20-,21+,22-,25+/m1/s1. The van der Waals surface area contributed by atoms with Crippen LogP contribution in [-0.4, -0.2) is 89.5 Å². The fourth-order valence-corrected chi connectivity index (χ4v) is 4.64. The van der Waals surface area contributed by atoms with Crippen molar-refractivity contribution in [2.45, 2.75) is 63.6 Å². The Balaban J connectivity index is 1.85. The summed E-state index contributed by atoms with van der Waals surface area (Å²) in [6, 6.07) is 4.58. The van der Waals surface area contributed by atoms with Gasteiger partial charge in [0.2, 0.25) is 0 Å². The summed E-state index contributed by atoms with van der Waals surface area (Å²) in [6.07, 6.45) is -12.4. The molecule has 0 aromatic heterocycles. The highest BCUT2D eigenvalue weighted by Gasteiger charge is 2.45. The van der Waals surface area contributed by atoms with E-state index in [9.17, 15) is 43.2 Å². The van der Waals surface area contributed by atoms with Crippen molar-refractivity contribution < 1.29 is 62.1 Å². The van der Waals surface area contributed by atoms with Gasteiger partial charge in [-0.1, -0.05) is 18.2 Å². The molecule has 3 rings (SSSR count). The highest BCUT2D eigenvalue weighted by atomic mass is 19.4. The zero-order valence-corrected chi connectivity index (χ0v) is 22.0. The number of nitrogens with one attached hydrogen (secondary N) is 1. The van der Waals surface area contributed by atoms with Crippen LogP contribution in [-0.2, 0) is 34.7 Å². The molecule has 14 heteroatoms. The molecule has 0 bridgehead atoms. The number of hydrogen-bond donors (Lipinski definition) is 5. The number of carbonyl (C=O) groups excluding carboxylic acids is 2. The molecule has 0 amide bonds. The van der Waals surface area contributed by atoms with Crippen LogP contribution >= 0.6 is 0 Å². The van der Waals surface area contributed by atoms with Crippen molar-refractivity contribution >= 4 is 11.9 Å². The van der Waals surface area contributed by atoms with Gasteiger partial charge < -0.3 is 44.7 Å². The summed E-state index contributed by atoms with van der Waals surface area (Å²) < 4.78 is 62.8. The topological polar surface area (TPSA) is 164 Å². The number of dihydropyridines is 1. The number of aliphatic hydroxyl groups is 4. The van der Waals surface area contributed by atoms with E-state index in [1.165, 1.54) is 39.0 Å². The van der Waals surface area contributed by atoms with Crippen LogP contribution in [0.2, 0.25) is 0 Å². The summed E-state index contributed by atoms with van der Waals surface area (Å²) in [6.45, 7) is 2.89. The molecule has 40 heavy (non-hydrogen) atoms. The Hall–Kier alpha value is -3.01. The van der Waals surface area contributed by atoms with Gasteiger partial charge in [-0.3, -0.25) is 0 Å². The molecule has 1 fully saturated rings. The Kier molecular flexibility index (Phi) is 10.3. The third kappa shape index (κ3) is 6.65. The molecule has 222 valence electrons. The van der Waals surface area contributed by atoms with Gasteiger partial charge in [0.05, 0.1) is 42.4 Å². The molecule has 0 aliphatic carbocycles. The second-order valence-electron chi connectivity index (χ2n) is 9.14. The first kappa shape index (κ1) is 31.5. The largest absolute Gasteiger partial charge is 0.463 e. The van der Waals surface area contributed by atoms with Crippen LogP contribution in [0.5, 0.6) is 0 Å². The van der Waals surface area contributed by atoms with Crippen LogP contribution in [0.15, 0.2) is 46.8 Å². The lowest BCUT2D eigenvalue weighted by Gasteiger charge is -2.39. The highest BCUT2D eigenvalue weighted by Crippen LogP contribution is 2.44. The summed E-state index contributed by atoms with van der Waals surface area (Å²) >= 11 is 0. The average Bonchev–Trinajstić information content (AvgIpc) is 2.89. The Morgan fingerprint density at radius 3 is 2.12 bits per heavy atom. The molecular formula is C26H32F3NO10. The van der Waals surface area contributed by atoms with E-state index >= 15 is 0 Å². The van der Waals surface area contributed by atoms with Crippen molar-refractivity contribution in [1.82, 2.24) is 5.32 Å². The molecular weight excluding hydrogens is 543 g/mol. The maximum Gasteiger partial charge on any atom is 0.416 e. The minimum absolute atomic E-state index is 0.0545. The van der Waals surface area contributed by atoms with E-state index in [0.717, 1.165) is 6.07 Å². The van der Waals surface area contributed by atoms with Crippen LogP contribution in [0.25, 0.3) is 0 Å². The number of ether oxygens (including phenoxy) is 4. The maximum atomic E-state index is 14.0. The van der Waals surface area contributed by atoms with Crippen LogP contribution in [0.4, 0.5) is 13.2 Å². The summed E-state index contributed by atoms with van der Waals surface area (Å²) in [5.41, 5.74) is -1.46. The third-order valence-electron chi connectivity index (χ3n) is 6.50. The van der Waals surface area contributed by atoms with Gasteiger partial charge in [-0.15, -0.1) is 0 Å². The average molecular weight is 576 g/mol. The van der Waals surface area contributed by atoms with Crippen molar-refractivity contribution in [2.75, 3.05) is 26.4 Å². The first-order valence-corrected chi connectivity index (χ1v) is 12.4. The van der Waals surface area contributed by atoms with Crippen molar-refractivity contribution in [1.29, 1.82) is 0 Å². The molecule has 11 nitrogen and oxygen atoms in total. The van der Waals surface area contributed by atoms with Gasteiger partial charge in [0.15, 0.2) is 6.29 Å². The molecule has 1 aromatic rings. The second kappa shape index (κ2) is 13.1. The number of halogens is 3. The van der Waals surface area contributed by atoms with Crippen molar-refractivity contribution in [3.8, 4) is 0 Å². The maximum absolute atomic E-state index is 14.0. The van der Waals surface area contributed by atoms with Crippen molar-refractivity contribution in [2.24, 2.45) is 0 Å². The Morgan fingerprint density at radius 1 is 0.950 bits per heavy atom. The molecule has 1 aromatic carbocycles. The fraction of sp³-hybridized carbons (Fsp3) is 0.538. The normalized spacial score (nSPS) is 27.4. The Bertz CT molecular complexity index is 1150. The molecule has 0 spiro atoms. The van der Waals surface area contributed by atoms with E-state index in [1.807, 2.05) is 0 Å². The number of esters is 2. The first-order chi connectivity index (χ1) is 18.8. The van der Waals surface area contributed by atoms with Crippen LogP contribution in [0.3, 0.4) is 0 Å². The van der Waals surface area contributed by atoms with Gasteiger partial charge in [-0.25, -0.2) is 9.59 Å². The SMILES string of the molecule is CCOC(=O)C1=C(C)NC(C)=C(C(=O)OCCO[C@H]2O[C@H](CO)[C@@H](O)[C@H](O)[C@H]2O)C1c1ccccc1C(F)(F)F. The molecule has 0 radical (unpaired) electrons. The van der Waals surface area contributed by atoms with E-state index < -0.39 is 80.1 Å². The van der Waals surface area contributed by atoms with E-state index in [2.05, 4.69) is 5.32 Å². The molecule has 6 atom stereocenters. The number of rotatable bonds is 9. The molecule has 5 N–H and O–H groups in total. The molecule has 2 aliphatic heterocycles. The van der Waals surface area contributed by atoms with Gasteiger partial charge in [-0.05, 0) is 32.4 Å². The monoisotopic (exact) mass is 575 g/mol. The number of aliphatic hydroxyl groups excluding tert-OH is 4. The highest BCUT2D eigenvalue weighted by molar-refractivity contribution is 6.00. The number of carbonyl (C=O) groups is 2. The summed E-state index contributed by atoms with van der Waals surface area (Å²) in [5.74, 6) is -3.42. The molecule has 0 saturated carbocycles. The fourth-order valence-electron chi connectivity index (χ4n) is 4.64. The third-order valence-corrected chi connectivity index (χ3v) is 6.50. The number of allylic oxidation sites excluding steroid dienone is 2. The minimum atomic E-state index is -4.79.